The van der Waals surface area contributed by atoms with Gasteiger partial charge in [0.15, 0.2) is 0 Å². The first-order chi connectivity index (χ1) is 6.27. The summed E-state index contributed by atoms with van der Waals surface area (Å²) in [7, 11) is 0. The number of nitro benzene ring substituents is 1. The summed E-state index contributed by atoms with van der Waals surface area (Å²) in [5.41, 5.74) is 0.194. The molecule has 1 fully saturated rings. The molecule has 1 heterocycles. The Bertz CT molecular complexity index is 339. The number of nitro groups is 1. The number of rotatable bonds is 3. The maximum absolute atomic E-state index is 10.6. The lowest BCUT2D eigenvalue weighted by atomic mass is 10.3. The molecule has 4 nitrogen and oxygen atoms in total. The van der Waals surface area contributed by atoms with Crippen LogP contribution in [0.15, 0.2) is 29.2 Å². The molecule has 1 aliphatic rings. The van der Waals surface area contributed by atoms with Crippen molar-refractivity contribution < 1.29 is 4.92 Å². The van der Waals surface area contributed by atoms with Crippen molar-refractivity contribution in [1.82, 2.24) is 4.31 Å². The van der Waals surface area contributed by atoms with Crippen LogP contribution in [0.1, 0.15) is 0 Å². The minimum absolute atomic E-state index is 0.194. The highest BCUT2D eigenvalue weighted by atomic mass is 32.2. The lowest BCUT2D eigenvalue weighted by Gasteiger charge is -2.00. The quantitative estimate of drug-likeness (QED) is 0.320. The summed E-state index contributed by atoms with van der Waals surface area (Å²) < 4.78 is 2.07. The van der Waals surface area contributed by atoms with Crippen LogP contribution in [0, 0.1) is 10.1 Å². The van der Waals surface area contributed by atoms with Crippen LogP contribution in [0.2, 0.25) is 0 Å². The summed E-state index contributed by atoms with van der Waals surface area (Å²) in [5.74, 6) is 0. The molecule has 0 amide bonds. The van der Waals surface area contributed by atoms with Crippen molar-refractivity contribution in [3.8, 4) is 0 Å². The zero-order valence-corrected chi connectivity index (χ0v) is 7.66. The second-order valence-corrected chi connectivity index (χ2v) is 3.88. The number of hydrogen-bond acceptors (Lipinski definition) is 4. The monoisotopic (exact) mass is 196 g/mol. The number of para-hydroxylation sites is 1. The van der Waals surface area contributed by atoms with Gasteiger partial charge in [0.1, 0.15) is 4.90 Å². The van der Waals surface area contributed by atoms with Gasteiger partial charge in [-0.3, -0.25) is 10.1 Å². The van der Waals surface area contributed by atoms with Crippen molar-refractivity contribution in [2.45, 2.75) is 4.90 Å². The minimum atomic E-state index is -0.341. The highest BCUT2D eigenvalue weighted by molar-refractivity contribution is 7.97. The largest absolute Gasteiger partial charge is 0.284 e. The Hall–Kier alpha value is -1.07. The normalized spacial score (nSPS) is 15.7. The van der Waals surface area contributed by atoms with Crippen molar-refractivity contribution >= 4 is 17.6 Å². The van der Waals surface area contributed by atoms with E-state index in [1.165, 1.54) is 18.0 Å². The van der Waals surface area contributed by atoms with E-state index in [1.54, 1.807) is 12.1 Å². The molecule has 0 spiro atoms. The van der Waals surface area contributed by atoms with Crippen molar-refractivity contribution in [3.05, 3.63) is 34.4 Å². The van der Waals surface area contributed by atoms with Gasteiger partial charge < -0.3 is 0 Å². The average Bonchev–Trinajstić information content (AvgIpc) is 2.89. The van der Waals surface area contributed by atoms with E-state index in [-0.39, 0.29) is 10.6 Å². The van der Waals surface area contributed by atoms with Crippen LogP contribution in [-0.4, -0.2) is 22.3 Å². The fourth-order valence-corrected chi connectivity index (χ4v) is 1.87. The second kappa shape index (κ2) is 3.35. The Balaban J connectivity index is 2.25. The van der Waals surface area contributed by atoms with Crippen molar-refractivity contribution in [2.24, 2.45) is 0 Å². The molecule has 68 valence electrons. The molecule has 0 saturated carbocycles. The van der Waals surface area contributed by atoms with E-state index in [1.807, 2.05) is 6.07 Å². The first kappa shape index (κ1) is 8.52. The summed E-state index contributed by atoms with van der Waals surface area (Å²) >= 11 is 1.46. The molecule has 1 aromatic rings. The summed E-state index contributed by atoms with van der Waals surface area (Å²) in [4.78, 5) is 11.0. The molecule has 0 aliphatic carbocycles. The van der Waals surface area contributed by atoms with Gasteiger partial charge in [0, 0.05) is 19.2 Å². The molecule has 1 aliphatic heterocycles. The molecule has 1 aromatic carbocycles. The Labute approximate surface area is 79.8 Å². The van der Waals surface area contributed by atoms with Gasteiger partial charge in [0.25, 0.3) is 5.69 Å². The Morgan fingerprint density at radius 3 is 2.69 bits per heavy atom. The first-order valence-corrected chi connectivity index (χ1v) is 4.71. The standard InChI is InChI=1S/C8H8N2O2S/c11-10(12)7-3-1-2-4-8(7)13-9-5-6-9/h1-4H,5-6H2. The van der Waals surface area contributed by atoms with Crippen molar-refractivity contribution in [1.29, 1.82) is 0 Å². The number of hydrogen-bond donors (Lipinski definition) is 0. The van der Waals surface area contributed by atoms with E-state index in [0.29, 0.717) is 0 Å². The molecule has 0 radical (unpaired) electrons. The smallest absolute Gasteiger partial charge is 0.258 e. The zero-order valence-electron chi connectivity index (χ0n) is 6.84. The van der Waals surface area contributed by atoms with E-state index in [0.717, 1.165) is 18.0 Å². The minimum Gasteiger partial charge on any atom is -0.258 e. The van der Waals surface area contributed by atoms with E-state index in [9.17, 15) is 10.1 Å². The second-order valence-electron chi connectivity index (χ2n) is 2.75. The molecular formula is C8H8N2O2S. The maximum Gasteiger partial charge on any atom is 0.284 e. The van der Waals surface area contributed by atoms with Crippen LogP contribution < -0.4 is 0 Å². The zero-order chi connectivity index (χ0) is 9.26. The highest BCUT2D eigenvalue weighted by Gasteiger charge is 2.23. The van der Waals surface area contributed by atoms with Crippen LogP contribution in [0.3, 0.4) is 0 Å². The molecule has 0 unspecified atom stereocenters. The van der Waals surface area contributed by atoms with E-state index in [4.69, 9.17) is 0 Å². The molecule has 1 saturated heterocycles. The molecule has 5 heteroatoms. The maximum atomic E-state index is 10.6. The van der Waals surface area contributed by atoms with Crippen molar-refractivity contribution in [3.63, 3.8) is 0 Å². The van der Waals surface area contributed by atoms with Crippen LogP contribution >= 0.6 is 11.9 Å². The van der Waals surface area contributed by atoms with E-state index >= 15 is 0 Å². The fourth-order valence-electron chi connectivity index (χ4n) is 0.956. The van der Waals surface area contributed by atoms with Gasteiger partial charge >= 0.3 is 0 Å². The van der Waals surface area contributed by atoms with Crippen LogP contribution in [-0.2, 0) is 0 Å². The third-order valence-corrected chi connectivity index (χ3v) is 2.86. The third kappa shape index (κ3) is 1.99. The average molecular weight is 196 g/mol. The highest BCUT2D eigenvalue weighted by Crippen LogP contribution is 2.34. The lowest BCUT2D eigenvalue weighted by Crippen LogP contribution is -1.91. The molecule has 0 atom stereocenters. The van der Waals surface area contributed by atoms with E-state index < -0.39 is 0 Å². The van der Waals surface area contributed by atoms with Gasteiger partial charge in [-0.25, -0.2) is 4.31 Å². The topological polar surface area (TPSA) is 46.1 Å². The van der Waals surface area contributed by atoms with Crippen LogP contribution in [0.25, 0.3) is 0 Å². The van der Waals surface area contributed by atoms with Gasteiger partial charge in [-0.05, 0) is 18.0 Å². The first-order valence-electron chi connectivity index (χ1n) is 3.94. The SMILES string of the molecule is O=[N+]([O-])c1ccccc1SN1CC1. The van der Waals surface area contributed by atoms with Gasteiger partial charge in [-0.15, -0.1) is 0 Å². The number of benzene rings is 1. The van der Waals surface area contributed by atoms with Gasteiger partial charge in [-0.2, -0.15) is 0 Å². The summed E-state index contributed by atoms with van der Waals surface area (Å²) in [6, 6.07) is 6.82. The van der Waals surface area contributed by atoms with Gasteiger partial charge in [-0.1, -0.05) is 12.1 Å². The fraction of sp³-hybridized carbons (Fsp3) is 0.250. The third-order valence-electron chi connectivity index (χ3n) is 1.70. The van der Waals surface area contributed by atoms with Gasteiger partial charge in [0.2, 0.25) is 0 Å². The molecular weight excluding hydrogens is 188 g/mol. The Morgan fingerprint density at radius 2 is 2.08 bits per heavy atom. The summed E-state index contributed by atoms with van der Waals surface area (Å²) in [6.07, 6.45) is 0. The summed E-state index contributed by atoms with van der Waals surface area (Å²) in [5, 5.41) is 10.6. The predicted molar refractivity (Wildman–Crippen MR) is 50.5 cm³/mol. The lowest BCUT2D eigenvalue weighted by molar-refractivity contribution is -0.387. The molecule has 2 rings (SSSR count). The van der Waals surface area contributed by atoms with E-state index in [2.05, 4.69) is 4.31 Å². The van der Waals surface area contributed by atoms with Crippen molar-refractivity contribution in [2.75, 3.05) is 13.1 Å². The van der Waals surface area contributed by atoms with Crippen LogP contribution in [0.4, 0.5) is 5.69 Å². The molecule has 0 N–H and O–H groups in total. The molecule has 0 bridgehead atoms. The Morgan fingerprint density at radius 1 is 1.38 bits per heavy atom. The Kier molecular flexibility index (Phi) is 2.20. The van der Waals surface area contributed by atoms with Gasteiger partial charge in [0.05, 0.1) is 4.92 Å². The van der Waals surface area contributed by atoms with Crippen LogP contribution in [0.5, 0.6) is 0 Å². The molecule has 0 aromatic heterocycles. The summed E-state index contributed by atoms with van der Waals surface area (Å²) in [6.45, 7) is 2.05. The predicted octanol–water partition coefficient (Wildman–Crippen LogP) is 1.92. The molecule has 13 heavy (non-hydrogen) atoms. The number of nitrogens with zero attached hydrogens (tertiary/aromatic N) is 2.